The first-order valence-electron chi connectivity index (χ1n) is 6.21. The van der Waals surface area contributed by atoms with E-state index < -0.39 is 5.97 Å². The SMILES string of the molecule is Cc1cc(N2CC(C(C)C(=O)O)C2)n2ncnc2n1. The summed E-state index contributed by atoms with van der Waals surface area (Å²) in [4.78, 5) is 21.4. The van der Waals surface area contributed by atoms with Gasteiger partial charge in [-0.2, -0.15) is 14.6 Å². The summed E-state index contributed by atoms with van der Waals surface area (Å²) in [6.07, 6.45) is 1.47. The molecule has 0 saturated carbocycles. The van der Waals surface area contributed by atoms with Crippen molar-refractivity contribution in [3.05, 3.63) is 18.1 Å². The lowest BCUT2D eigenvalue weighted by Crippen LogP contribution is -2.51. The van der Waals surface area contributed by atoms with Crippen molar-refractivity contribution in [2.75, 3.05) is 18.0 Å². The summed E-state index contributed by atoms with van der Waals surface area (Å²) in [6.45, 7) is 5.13. The number of carboxylic acids is 1. The van der Waals surface area contributed by atoms with Crippen molar-refractivity contribution in [2.24, 2.45) is 11.8 Å². The molecule has 3 heterocycles. The molecule has 1 unspecified atom stereocenters. The van der Waals surface area contributed by atoms with Gasteiger partial charge in [0.1, 0.15) is 12.1 Å². The Bertz CT molecular complexity index is 632. The Morgan fingerprint density at radius 2 is 2.26 bits per heavy atom. The molecule has 1 saturated heterocycles. The number of nitrogens with zero attached hydrogens (tertiary/aromatic N) is 5. The Hall–Kier alpha value is -2.18. The van der Waals surface area contributed by atoms with Crippen LogP contribution in [0, 0.1) is 18.8 Å². The van der Waals surface area contributed by atoms with E-state index in [1.54, 1.807) is 11.4 Å². The van der Waals surface area contributed by atoms with Crippen LogP contribution in [0.25, 0.3) is 5.78 Å². The fourth-order valence-electron chi connectivity index (χ4n) is 2.35. The highest BCUT2D eigenvalue weighted by Crippen LogP contribution is 2.29. The van der Waals surface area contributed by atoms with Gasteiger partial charge in [-0.25, -0.2) is 4.98 Å². The predicted octanol–water partition coefficient (Wildman–Crippen LogP) is 0.590. The molecule has 1 atom stereocenters. The van der Waals surface area contributed by atoms with Gasteiger partial charge < -0.3 is 10.0 Å². The predicted molar refractivity (Wildman–Crippen MR) is 68.0 cm³/mol. The zero-order valence-electron chi connectivity index (χ0n) is 10.8. The van der Waals surface area contributed by atoms with E-state index in [9.17, 15) is 4.79 Å². The summed E-state index contributed by atoms with van der Waals surface area (Å²) < 4.78 is 1.69. The maximum Gasteiger partial charge on any atom is 0.306 e. The van der Waals surface area contributed by atoms with Crippen molar-refractivity contribution in [1.82, 2.24) is 19.6 Å². The van der Waals surface area contributed by atoms with Crippen LogP contribution in [0.15, 0.2) is 12.4 Å². The van der Waals surface area contributed by atoms with Crippen LogP contribution in [0.5, 0.6) is 0 Å². The molecule has 2 aromatic heterocycles. The van der Waals surface area contributed by atoms with Crippen molar-refractivity contribution in [1.29, 1.82) is 0 Å². The van der Waals surface area contributed by atoms with Crippen LogP contribution in [0.1, 0.15) is 12.6 Å². The third-order valence-electron chi connectivity index (χ3n) is 3.69. The van der Waals surface area contributed by atoms with Crippen molar-refractivity contribution in [3.8, 4) is 0 Å². The molecule has 3 rings (SSSR count). The van der Waals surface area contributed by atoms with Gasteiger partial charge in [0.05, 0.1) is 5.92 Å². The molecule has 2 aromatic rings. The monoisotopic (exact) mass is 261 g/mol. The number of carbonyl (C=O) groups is 1. The number of aryl methyl sites for hydroxylation is 1. The number of aromatic nitrogens is 4. The zero-order chi connectivity index (χ0) is 13.6. The summed E-state index contributed by atoms with van der Waals surface area (Å²) in [7, 11) is 0. The number of hydrogen-bond acceptors (Lipinski definition) is 5. The molecular weight excluding hydrogens is 246 g/mol. The smallest absolute Gasteiger partial charge is 0.306 e. The summed E-state index contributed by atoms with van der Waals surface area (Å²) in [5.74, 6) is 0.634. The van der Waals surface area contributed by atoms with Crippen molar-refractivity contribution >= 4 is 17.6 Å². The lowest BCUT2D eigenvalue weighted by Gasteiger charge is -2.42. The van der Waals surface area contributed by atoms with E-state index in [4.69, 9.17) is 5.11 Å². The number of fused-ring (bicyclic) bond motifs is 1. The number of rotatable bonds is 3. The molecule has 0 bridgehead atoms. The van der Waals surface area contributed by atoms with E-state index in [1.165, 1.54) is 6.33 Å². The van der Waals surface area contributed by atoms with Gasteiger partial charge >= 0.3 is 5.97 Å². The van der Waals surface area contributed by atoms with E-state index in [2.05, 4.69) is 20.0 Å². The Morgan fingerprint density at radius 3 is 2.95 bits per heavy atom. The average Bonchev–Trinajstić information content (AvgIpc) is 2.74. The number of aliphatic carboxylic acids is 1. The Balaban J connectivity index is 1.84. The van der Waals surface area contributed by atoms with Gasteiger partial charge in [-0.05, 0) is 6.92 Å². The van der Waals surface area contributed by atoms with Crippen LogP contribution in [0.2, 0.25) is 0 Å². The number of hydrogen-bond donors (Lipinski definition) is 1. The zero-order valence-corrected chi connectivity index (χ0v) is 10.8. The van der Waals surface area contributed by atoms with E-state index >= 15 is 0 Å². The van der Waals surface area contributed by atoms with Crippen molar-refractivity contribution in [2.45, 2.75) is 13.8 Å². The highest BCUT2D eigenvalue weighted by molar-refractivity contribution is 5.70. The molecule has 19 heavy (non-hydrogen) atoms. The van der Waals surface area contributed by atoms with E-state index in [-0.39, 0.29) is 11.8 Å². The number of anilines is 1. The lowest BCUT2D eigenvalue weighted by molar-refractivity contribution is -0.143. The van der Waals surface area contributed by atoms with Gasteiger partial charge in [-0.3, -0.25) is 4.79 Å². The molecule has 7 nitrogen and oxygen atoms in total. The molecule has 1 aliphatic heterocycles. The summed E-state index contributed by atoms with van der Waals surface area (Å²) in [5, 5.41) is 13.2. The van der Waals surface area contributed by atoms with Gasteiger partial charge in [0.2, 0.25) is 0 Å². The minimum absolute atomic E-state index is 0.185. The summed E-state index contributed by atoms with van der Waals surface area (Å²) >= 11 is 0. The van der Waals surface area contributed by atoms with Crippen LogP contribution in [-0.2, 0) is 4.79 Å². The van der Waals surface area contributed by atoms with E-state index in [1.807, 2.05) is 13.0 Å². The summed E-state index contributed by atoms with van der Waals surface area (Å²) in [6, 6.07) is 1.95. The maximum atomic E-state index is 10.9. The quantitative estimate of drug-likeness (QED) is 0.870. The molecule has 7 heteroatoms. The second-order valence-corrected chi connectivity index (χ2v) is 5.02. The van der Waals surface area contributed by atoms with Gasteiger partial charge in [0, 0.05) is 30.8 Å². The highest BCUT2D eigenvalue weighted by Gasteiger charge is 2.35. The maximum absolute atomic E-state index is 10.9. The minimum Gasteiger partial charge on any atom is -0.481 e. The van der Waals surface area contributed by atoms with Gasteiger partial charge in [-0.15, -0.1) is 0 Å². The standard InChI is InChI=1S/C12H15N5O2/c1-7-3-10(17-12(15-7)13-6-14-17)16-4-9(5-16)8(2)11(18)19/h3,6,8-9H,4-5H2,1-2H3,(H,18,19). The van der Waals surface area contributed by atoms with Crippen LogP contribution >= 0.6 is 0 Å². The molecule has 1 aliphatic rings. The first-order valence-corrected chi connectivity index (χ1v) is 6.21. The topological polar surface area (TPSA) is 83.6 Å². The molecule has 100 valence electrons. The molecule has 0 radical (unpaired) electrons. The molecule has 0 aromatic carbocycles. The lowest BCUT2D eigenvalue weighted by atomic mass is 9.87. The van der Waals surface area contributed by atoms with Crippen LogP contribution in [0.3, 0.4) is 0 Å². The van der Waals surface area contributed by atoms with Crippen LogP contribution in [0.4, 0.5) is 5.82 Å². The van der Waals surface area contributed by atoms with E-state index in [0.717, 1.165) is 24.6 Å². The van der Waals surface area contributed by atoms with Crippen LogP contribution < -0.4 is 4.90 Å². The first-order chi connectivity index (χ1) is 9.06. The summed E-state index contributed by atoms with van der Waals surface area (Å²) in [5.41, 5.74) is 0.880. The third kappa shape index (κ3) is 1.91. The number of carboxylic acid groups (broad SMARTS) is 1. The molecule has 1 N–H and O–H groups in total. The first kappa shape index (κ1) is 11.9. The van der Waals surface area contributed by atoms with Crippen molar-refractivity contribution < 1.29 is 9.90 Å². The Morgan fingerprint density at radius 1 is 1.53 bits per heavy atom. The van der Waals surface area contributed by atoms with E-state index in [0.29, 0.717) is 5.78 Å². The second-order valence-electron chi connectivity index (χ2n) is 5.02. The van der Waals surface area contributed by atoms with Crippen molar-refractivity contribution in [3.63, 3.8) is 0 Å². The van der Waals surface area contributed by atoms with Gasteiger partial charge in [0.25, 0.3) is 5.78 Å². The molecule has 0 aliphatic carbocycles. The normalized spacial score (nSPS) is 17.5. The molecule has 0 amide bonds. The third-order valence-corrected chi connectivity index (χ3v) is 3.69. The molecule has 0 spiro atoms. The van der Waals surface area contributed by atoms with Crippen LogP contribution in [-0.4, -0.2) is 43.7 Å². The average molecular weight is 261 g/mol. The molecular formula is C12H15N5O2. The largest absolute Gasteiger partial charge is 0.481 e. The van der Waals surface area contributed by atoms with Gasteiger partial charge in [-0.1, -0.05) is 6.92 Å². The Kier molecular flexibility index (Phi) is 2.62. The minimum atomic E-state index is -0.735. The Labute approximate surface area is 109 Å². The fraction of sp³-hybridized carbons (Fsp3) is 0.500. The second kappa shape index (κ2) is 4.18. The fourth-order valence-corrected chi connectivity index (χ4v) is 2.35. The molecule has 1 fully saturated rings. The van der Waals surface area contributed by atoms with Gasteiger partial charge in [0.15, 0.2) is 0 Å². The highest BCUT2D eigenvalue weighted by atomic mass is 16.4.